The van der Waals surface area contributed by atoms with Crippen LogP contribution in [0.15, 0.2) is 0 Å². The van der Waals surface area contributed by atoms with E-state index in [1.807, 2.05) is 0 Å². The number of hydrogen-bond acceptors (Lipinski definition) is 0. The highest BCUT2D eigenvalue weighted by atomic mass is 35.5. The second-order valence-electron chi connectivity index (χ2n) is 5.01. The molecule has 0 aromatic heterocycles. The van der Waals surface area contributed by atoms with Crippen LogP contribution in [0.4, 0.5) is 0 Å². The lowest BCUT2D eigenvalue weighted by molar-refractivity contribution is -0.691. The first-order valence-electron chi connectivity index (χ1n) is 5.23. The minimum atomic E-state index is 0. The lowest BCUT2D eigenvalue weighted by Crippen LogP contribution is -3.00. The van der Waals surface area contributed by atoms with Crippen molar-refractivity contribution in [1.82, 2.24) is 0 Å². The van der Waals surface area contributed by atoms with Crippen molar-refractivity contribution in [3.63, 3.8) is 0 Å². The highest BCUT2D eigenvalue weighted by Crippen LogP contribution is 2.42. The molecule has 2 heterocycles. The van der Waals surface area contributed by atoms with Gasteiger partial charge in [0, 0.05) is 18.8 Å². The maximum Gasteiger partial charge on any atom is 0.0864 e. The molecule has 0 amide bonds. The molecule has 4 fully saturated rings. The van der Waals surface area contributed by atoms with Crippen LogP contribution in [-0.2, 0) is 0 Å². The molecule has 70 valence electrons. The molecule has 0 radical (unpaired) electrons. The molecule has 4 rings (SSSR count). The molecule has 4 bridgehead atoms. The molecule has 2 saturated heterocycles. The van der Waals surface area contributed by atoms with Gasteiger partial charge < -0.3 is 17.7 Å². The summed E-state index contributed by atoms with van der Waals surface area (Å²) in [5.74, 6) is 3.37. The Bertz CT molecular complexity index is 137. The Morgan fingerprint density at radius 1 is 0.750 bits per heavy atom. The maximum absolute atomic E-state index is 2.64. The van der Waals surface area contributed by atoms with Crippen LogP contribution in [0.2, 0.25) is 0 Å². The summed E-state index contributed by atoms with van der Waals surface area (Å²) in [4.78, 5) is 0. The fraction of sp³-hybridized carbons (Fsp3) is 1.00. The van der Waals surface area contributed by atoms with Crippen LogP contribution < -0.4 is 17.7 Å². The topological polar surface area (TPSA) is 16.6 Å². The second kappa shape index (κ2) is 3.19. The average molecular weight is 188 g/mol. The average Bonchev–Trinajstić information content (AvgIpc) is 2.18. The number of nitrogens with two attached hydrogens (primary N) is 1. The number of rotatable bonds is 0. The number of hydrogen-bond donors (Lipinski definition) is 1. The number of halogens is 1. The fourth-order valence-electron chi connectivity index (χ4n) is 3.81. The van der Waals surface area contributed by atoms with Crippen molar-refractivity contribution in [1.29, 1.82) is 0 Å². The van der Waals surface area contributed by atoms with Crippen molar-refractivity contribution >= 4 is 0 Å². The van der Waals surface area contributed by atoms with E-state index in [2.05, 4.69) is 5.32 Å². The monoisotopic (exact) mass is 187 g/mol. The van der Waals surface area contributed by atoms with Gasteiger partial charge in [0.25, 0.3) is 0 Å². The van der Waals surface area contributed by atoms with Crippen molar-refractivity contribution in [3.05, 3.63) is 0 Å². The lowest BCUT2D eigenvalue weighted by Gasteiger charge is -2.35. The molecular formula is C10H18ClN. The summed E-state index contributed by atoms with van der Waals surface area (Å²) >= 11 is 0. The molecular weight excluding hydrogens is 170 g/mol. The second-order valence-corrected chi connectivity index (χ2v) is 5.01. The van der Waals surface area contributed by atoms with Crippen molar-refractivity contribution in [3.8, 4) is 0 Å². The largest absolute Gasteiger partial charge is 1.00 e. The van der Waals surface area contributed by atoms with Gasteiger partial charge in [0.05, 0.1) is 12.6 Å². The summed E-state index contributed by atoms with van der Waals surface area (Å²) in [6.45, 7) is 1.46. The quantitative estimate of drug-likeness (QED) is 0.442. The molecule has 2 saturated carbocycles. The zero-order valence-corrected chi connectivity index (χ0v) is 8.26. The van der Waals surface area contributed by atoms with E-state index in [4.69, 9.17) is 0 Å². The normalized spacial score (nSPS) is 50.0. The Kier molecular flexibility index (Phi) is 2.35. The Hall–Kier alpha value is 0.250. The Morgan fingerprint density at radius 2 is 1.33 bits per heavy atom. The van der Waals surface area contributed by atoms with E-state index in [1.54, 1.807) is 32.1 Å². The Balaban J connectivity index is 0.000000563. The summed E-state index contributed by atoms with van der Waals surface area (Å²) in [6, 6.07) is 1.03. The van der Waals surface area contributed by atoms with Gasteiger partial charge in [-0.2, -0.15) is 0 Å². The smallest absolute Gasteiger partial charge is 0.0864 e. The van der Waals surface area contributed by atoms with Gasteiger partial charge in [0.2, 0.25) is 0 Å². The molecule has 2 N–H and O–H groups in total. The minimum Gasteiger partial charge on any atom is -1.00 e. The predicted molar refractivity (Wildman–Crippen MR) is 44.1 cm³/mol. The predicted octanol–water partition coefficient (Wildman–Crippen LogP) is -2.24. The minimum absolute atomic E-state index is 0. The molecule has 2 aliphatic heterocycles. The Morgan fingerprint density at radius 3 is 2.00 bits per heavy atom. The van der Waals surface area contributed by atoms with E-state index in [9.17, 15) is 0 Å². The van der Waals surface area contributed by atoms with Crippen LogP contribution in [0.1, 0.15) is 32.1 Å². The molecule has 2 heteroatoms. The van der Waals surface area contributed by atoms with Crippen molar-refractivity contribution in [2.45, 2.75) is 38.1 Å². The molecule has 1 nitrogen and oxygen atoms in total. The van der Waals surface area contributed by atoms with Gasteiger partial charge >= 0.3 is 0 Å². The number of fused-ring (bicyclic) bond motifs is 1. The van der Waals surface area contributed by atoms with Crippen LogP contribution in [0.5, 0.6) is 0 Å². The maximum atomic E-state index is 2.64. The highest BCUT2D eigenvalue weighted by Gasteiger charge is 2.41. The van der Waals surface area contributed by atoms with Crippen LogP contribution in [0.25, 0.3) is 0 Å². The summed E-state index contributed by atoms with van der Waals surface area (Å²) in [6.07, 6.45) is 7.83. The van der Waals surface area contributed by atoms with Crippen molar-refractivity contribution < 1.29 is 17.7 Å². The highest BCUT2D eigenvalue weighted by molar-refractivity contribution is 4.88. The van der Waals surface area contributed by atoms with E-state index in [0.29, 0.717) is 0 Å². The third-order valence-electron chi connectivity index (χ3n) is 4.07. The molecule has 0 aromatic carbocycles. The van der Waals surface area contributed by atoms with Gasteiger partial charge in [-0.25, -0.2) is 0 Å². The zero-order valence-electron chi connectivity index (χ0n) is 7.51. The molecule has 0 spiro atoms. The van der Waals surface area contributed by atoms with Crippen LogP contribution >= 0.6 is 0 Å². The van der Waals surface area contributed by atoms with Gasteiger partial charge in [-0.3, -0.25) is 0 Å². The molecule has 2 unspecified atom stereocenters. The summed E-state index contributed by atoms with van der Waals surface area (Å²) in [5.41, 5.74) is 0. The summed E-state index contributed by atoms with van der Waals surface area (Å²) < 4.78 is 0. The molecule has 2 atom stereocenters. The first-order valence-corrected chi connectivity index (χ1v) is 5.23. The standard InChI is InChI=1S/C10H17N.ClH/c1-7-2-9-3-8(1)5-10(4-7)11-6-9;/h7-11H,1-6H2;1H. The number of quaternary nitrogens is 1. The summed E-state index contributed by atoms with van der Waals surface area (Å²) in [5, 5.41) is 2.64. The van der Waals surface area contributed by atoms with Gasteiger partial charge in [-0.15, -0.1) is 0 Å². The van der Waals surface area contributed by atoms with Crippen LogP contribution in [0.3, 0.4) is 0 Å². The van der Waals surface area contributed by atoms with E-state index in [-0.39, 0.29) is 12.4 Å². The van der Waals surface area contributed by atoms with E-state index in [0.717, 1.165) is 23.8 Å². The van der Waals surface area contributed by atoms with Crippen molar-refractivity contribution in [2.75, 3.05) is 6.54 Å². The molecule has 12 heavy (non-hydrogen) atoms. The molecule has 4 aliphatic rings. The molecule has 2 aliphatic carbocycles. The lowest BCUT2D eigenvalue weighted by atomic mass is 9.68. The van der Waals surface area contributed by atoms with Gasteiger partial charge in [0.1, 0.15) is 0 Å². The fourth-order valence-corrected chi connectivity index (χ4v) is 3.81. The van der Waals surface area contributed by atoms with E-state index < -0.39 is 0 Å². The van der Waals surface area contributed by atoms with Gasteiger partial charge in [-0.1, -0.05) is 0 Å². The van der Waals surface area contributed by atoms with Crippen LogP contribution in [-0.4, -0.2) is 12.6 Å². The van der Waals surface area contributed by atoms with Gasteiger partial charge in [-0.05, 0) is 31.1 Å². The van der Waals surface area contributed by atoms with E-state index in [1.165, 1.54) is 6.54 Å². The molecule has 0 aromatic rings. The Labute approximate surface area is 80.7 Å². The first kappa shape index (κ1) is 8.83. The summed E-state index contributed by atoms with van der Waals surface area (Å²) in [7, 11) is 0. The van der Waals surface area contributed by atoms with Gasteiger partial charge in [0.15, 0.2) is 0 Å². The zero-order chi connectivity index (χ0) is 7.26. The third-order valence-corrected chi connectivity index (χ3v) is 4.07. The van der Waals surface area contributed by atoms with Crippen molar-refractivity contribution in [2.24, 2.45) is 17.8 Å². The van der Waals surface area contributed by atoms with E-state index >= 15 is 0 Å². The SMILES string of the molecule is C1[NH2+]C2CC3CC1CC(C3)C2.[Cl-]. The first-order chi connectivity index (χ1) is 5.40. The third kappa shape index (κ3) is 1.38. The van der Waals surface area contributed by atoms with Crippen LogP contribution in [0, 0.1) is 17.8 Å².